The number of aliphatic hydroxyl groups excluding tert-OH is 1. The van der Waals surface area contributed by atoms with Crippen LogP contribution in [-0.4, -0.2) is 39.8 Å². The molecule has 1 aromatic heterocycles. The average Bonchev–Trinajstić information content (AvgIpc) is 2.88. The maximum Gasteiger partial charge on any atom is 0.243 e. The zero-order valence-electron chi connectivity index (χ0n) is 11.5. The van der Waals surface area contributed by atoms with Gasteiger partial charge in [0.25, 0.3) is 0 Å². The van der Waals surface area contributed by atoms with Crippen molar-refractivity contribution in [3.63, 3.8) is 0 Å². The molecule has 102 valence electrons. The summed E-state index contributed by atoms with van der Waals surface area (Å²) in [6, 6.07) is 0.171. The second-order valence-electron chi connectivity index (χ2n) is 5.48. The van der Waals surface area contributed by atoms with Gasteiger partial charge in [-0.3, -0.25) is 4.90 Å². The predicted octanol–water partition coefficient (Wildman–Crippen LogP) is 1.96. The summed E-state index contributed by atoms with van der Waals surface area (Å²) < 4.78 is 5.34. The van der Waals surface area contributed by atoms with Gasteiger partial charge in [0, 0.05) is 12.5 Å². The van der Waals surface area contributed by atoms with E-state index < -0.39 is 0 Å². The van der Waals surface area contributed by atoms with E-state index in [9.17, 15) is 0 Å². The lowest BCUT2D eigenvalue weighted by Crippen LogP contribution is -2.36. The lowest BCUT2D eigenvalue weighted by Gasteiger charge is -2.33. The van der Waals surface area contributed by atoms with Crippen LogP contribution in [0.1, 0.15) is 57.3 Å². The lowest BCUT2D eigenvalue weighted by molar-refractivity contribution is 0.0929. The third kappa shape index (κ3) is 2.90. The highest BCUT2D eigenvalue weighted by atomic mass is 16.5. The second-order valence-corrected chi connectivity index (χ2v) is 5.48. The third-order valence-corrected chi connectivity index (χ3v) is 3.79. The molecule has 0 spiro atoms. The normalized spacial score (nSPS) is 20.5. The van der Waals surface area contributed by atoms with Crippen LogP contribution in [0.5, 0.6) is 0 Å². The van der Waals surface area contributed by atoms with Crippen molar-refractivity contribution in [3.05, 3.63) is 11.7 Å². The first-order valence-electron chi connectivity index (χ1n) is 6.80. The number of likely N-dealkylation sites (tertiary alicyclic amines) is 1. The molecule has 1 N–H and O–H groups in total. The zero-order valence-corrected chi connectivity index (χ0v) is 11.5. The van der Waals surface area contributed by atoms with Gasteiger partial charge in [0.05, 0.1) is 6.04 Å². The van der Waals surface area contributed by atoms with E-state index >= 15 is 0 Å². The van der Waals surface area contributed by atoms with E-state index in [4.69, 9.17) is 9.63 Å². The van der Waals surface area contributed by atoms with E-state index in [0.717, 1.165) is 31.8 Å². The standard InChI is InChI=1S/C13H23N3O2/c1-9(2)12-14-13(18-15-12)10(3)16-6-4-11(8-17)5-7-16/h9-11,17H,4-8H2,1-3H3. The minimum absolute atomic E-state index is 0.171. The minimum atomic E-state index is 0.171. The fourth-order valence-electron chi connectivity index (χ4n) is 2.33. The van der Waals surface area contributed by atoms with Crippen LogP contribution >= 0.6 is 0 Å². The Morgan fingerprint density at radius 1 is 1.33 bits per heavy atom. The Labute approximate surface area is 108 Å². The SMILES string of the molecule is CC(C)c1noc(C(C)N2CCC(CO)CC2)n1. The second kappa shape index (κ2) is 5.80. The molecule has 1 unspecified atom stereocenters. The molecule has 0 aliphatic carbocycles. The molecule has 1 atom stereocenters. The Morgan fingerprint density at radius 3 is 2.50 bits per heavy atom. The Balaban J connectivity index is 1.96. The van der Waals surface area contributed by atoms with E-state index in [1.165, 1.54) is 0 Å². The Kier molecular flexibility index (Phi) is 4.35. The number of piperidine rings is 1. The molecular weight excluding hydrogens is 230 g/mol. The first-order valence-corrected chi connectivity index (χ1v) is 6.80. The molecule has 0 amide bonds. The van der Waals surface area contributed by atoms with E-state index in [-0.39, 0.29) is 6.04 Å². The van der Waals surface area contributed by atoms with Crippen molar-refractivity contribution < 1.29 is 9.63 Å². The van der Waals surface area contributed by atoms with Crippen LogP contribution in [0, 0.1) is 5.92 Å². The molecule has 0 aromatic carbocycles. The average molecular weight is 253 g/mol. The molecule has 0 radical (unpaired) electrons. The number of aliphatic hydroxyl groups is 1. The highest BCUT2D eigenvalue weighted by Gasteiger charge is 2.26. The molecule has 5 nitrogen and oxygen atoms in total. The molecule has 0 bridgehead atoms. The summed E-state index contributed by atoms with van der Waals surface area (Å²) in [6.07, 6.45) is 2.10. The number of aromatic nitrogens is 2. The highest BCUT2D eigenvalue weighted by Crippen LogP contribution is 2.26. The Bertz CT molecular complexity index is 370. The summed E-state index contributed by atoms with van der Waals surface area (Å²) >= 11 is 0. The quantitative estimate of drug-likeness (QED) is 0.888. The van der Waals surface area contributed by atoms with Gasteiger partial charge in [-0.1, -0.05) is 19.0 Å². The smallest absolute Gasteiger partial charge is 0.243 e. The maximum absolute atomic E-state index is 9.14. The molecule has 1 aliphatic rings. The van der Waals surface area contributed by atoms with Crippen molar-refractivity contribution in [1.29, 1.82) is 0 Å². The fourth-order valence-corrected chi connectivity index (χ4v) is 2.33. The van der Waals surface area contributed by atoms with E-state index in [0.29, 0.717) is 24.3 Å². The molecule has 1 aromatic rings. The van der Waals surface area contributed by atoms with Gasteiger partial charge in [0.2, 0.25) is 5.89 Å². The molecule has 1 fully saturated rings. The summed E-state index contributed by atoms with van der Waals surface area (Å²) in [5, 5.41) is 13.1. The van der Waals surface area contributed by atoms with Crippen LogP contribution in [-0.2, 0) is 0 Å². The van der Waals surface area contributed by atoms with Crippen molar-refractivity contribution >= 4 is 0 Å². The molecule has 18 heavy (non-hydrogen) atoms. The van der Waals surface area contributed by atoms with Crippen LogP contribution in [0.25, 0.3) is 0 Å². The third-order valence-electron chi connectivity index (χ3n) is 3.79. The van der Waals surface area contributed by atoms with Gasteiger partial charge >= 0.3 is 0 Å². The van der Waals surface area contributed by atoms with Gasteiger partial charge in [0.1, 0.15) is 0 Å². The predicted molar refractivity (Wildman–Crippen MR) is 68.2 cm³/mol. The van der Waals surface area contributed by atoms with Gasteiger partial charge in [0.15, 0.2) is 5.82 Å². The van der Waals surface area contributed by atoms with Crippen molar-refractivity contribution in [3.8, 4) is 0 Å². The van der Waals surface area contributed by atoms with Gasteiger partial charge < -0.3 is 9.63 Å². The zero-order chi connectivity index (χ0) is 13.1. The molecule has 1 saturated heterocycles. The van der Waals surface area contributed by atoms with Crippen molar-refractivity contribution in [2.75, 3.05) is 19.7 Å². The number of hydrogen-bond acceptors (Lipinski definition) is 5. The Morgan fingerprint density at radius 2 is 2.00 bits per heavy atom. The van der Waals surface area contributed by atoms with E-state index in [1.54, 1.807) is 0 Å². The lowest BCUT2D eigenvalue weighted by atomic mass is 9.97. The van der Waals surface area contributed by atoms with E-state index in [1.807, 2.05) is 0 Å². The van der Waals surface area contributed by atoms with Crippen LogP contribution in [0.3, 0.4) is 0 Å². The highest BCUT2D eigenvalue weighted by molar-refractivity contribution is 4.96. The topological polar surface area (TPSA) is 62.4 Å². The monoisotopic (exact) mass is 253 g/mol. The molecule has 2 heterocycles. The van der Waals surface area contributed by atoms with Crippen molar-refractivity contribution in [1.82, 2.24) is 15.0 Å². The summed E-state index contributed by atoms with van der Waals surface area (Å²) in [7, 11) is 0. The maximum atomic E-state index is 9.14. The van der Waals surface area contributed by atoms with E-state index in [2.05, 4.69) is 35.8 Å². The number of hydrogen-bond donors (Lipinski definition) is 1. The summed E-state index contributed by atoms with van der Waals surface area (Å²) in [4.78, 5) is 6.81. The van der Waals surface area contributed by atoms with Gasteiger partial charge in [-0.2, -0.15) is 4.98 Å². The van der Waals surface area contributed by atoms with Crippen LogP contribution < -0.4 is 0 Å². The molecule has 1 aliphatic heterocycles. The van der Waals surface area contributed by atoms with Gasteiger partial charge in [-0.25, -0.2) is 0 Å². The fraction of sp³-hybridized carbons (Fsp3) is 0.846. The molecule has 2 rings (SSSR count). The van der Waals surface area contributed by atoms with Crippen LogP contribution in [0.15, 0.2) is 4.52 Å². The minimum Gasteiger partial charge on any atom is -0.396 e. The summed E-state index contributed by atoms with van der Waals surface area (Å²) in [5.41, 5.74) is 0. The molecule has 0 saturated carbocycles. The first kappa shape index (κ1) is 13.5. The van der Waals surface area contributed by atoms with Crippen molar-refractivity contribution in [2.24, 2.45) is 5.92 Å². The number of rotatable bonds is 4. The molecular formula is C13H23N3O2. The Hall–Kier alpha value is -0.940. The molecule has 5 heteroatoms. The van der Waals surface area contributed by atoms with Crippen LogP contribution in [0.4, 0.5) is 0 Å². The van der Waals surface area contributed by atoms with Crippen molar-refractivity contribution in [2.45, 2.75) is 45.6 Å². The number of nitrogens with zero attached hydrogens (tertiary/aromatic N) is 3. The first-order chi connectivity index (χ1) is 8.61. The van der Waals surface area contributed by atoms with Gasteiger partial charge in [-0.15, -0.1) is 0 Å². The largest absolute Gasteiger partial charge is 0.396 e. The van der Waals surface area contributed by atoms with Gasteiger partial charge in [-0.05, 0) is 38.8 Å². The summed E-state index contributed by atoms with van der Waals surface area (Å²) in [5.74, 6) is 2.25. The van der Waals surface area contributed by atoms with Crippen LogP contribution in [0.2, 0.25) is 0 Å². The summed E-state index contributed by atoms with van der Waals surface area (Å²) in [6.45, 7) is 8.52.